The first-order valence-corrected chi connectivity index (χ1v) is 7.67. The molecule has 0 fully saturated rings. The van der Waals surface area contributed by atoms with E-state index in [0.717, 1.165) is 16.9 Å². The Morgan fingerprint density at radius 1 is 1.09 bits per heavy atom. The van der Waals surface area contributed by atoms with Crippen LogP contribution in [0.3, 0.4) is 0 Å². The van der Waals surface area contributed by atoms with Gasteiger partial charge in [0.05, 0.1) is 11.4 Å². The van der Waals surface area contributed by atoms with E-state index >= 15 is 0 Å². The van der Waals surface area contributed by atoms with Crippen molar-refractivity contribution in [3.05, 3.63) is 60.2 Å². The molecule has 23 heavy (non-hydrogen) atoms. The van der Waals surface area contributed by atoms with E-state index in [2.05, 4.69) is 5.32 Å². The number of hydrogen-bond acceptors (Lipinski definition) is 3. The molecule has 118 valence electrons. The Kier molecular flexibility index (Phi) is 4.28. The SMILES string of the molecule is NC(=O)CCCN1C(=O)C(c2ccccc2)Nc2ccccc21. The summed E-state index contributed by atoms with van der Waals surface area (Å²) in [4.78, 5) is 25.6. The van der Waals surface area contributed by atoms with Crippen molar-refractivity contribution in [2.75, 3.05) is 16.8 Å². The second-order valence-corrected chi connectivity index (χ2v) is 5.56. The molecule has 2 aromatic carbocycles. The highest BCUT2D eigenvalue weighted by atomic mass is 16.2. The topological polar surface area (TPSA) is 75.4 Å². The highest BCUT2D eigenvalue weighted by Crippen LogP contribution is 2.36. The van der Waals surface area contributed by atoms with E-state index in [0.29, 0.717) is 13.0 Å². The third kappa shape index (κ3) is 3.18. The zero-order valence-corrected chi connectivity index (χ0v) is 12.7. The lowest BCUT2D eigenvalue weighted by Crippen LogP contribution is -2.43. The maximum absolute atomic E-state index is 12.9. The fourth-order valence-corrected chi connectivity index (χ4v) is 2.84. The molecule has 5 nitrogen and oxygen atoms in total. The molecule has 0 saturated heterocycles. The molecule has 2 aromatic rings. The zero-order valence-electron chi connectivity index (χ0n) is 12.7. The lowest BCUT2D eigenvalue weighted by atomic mass is 10.0. The second-order valence-electron chi connectivity index (χ2n) is 5.56. The number of amides is 2. The Bertz CT molecular complexity index is 715. The van der Waals surface area contributed by atoms with Gasteiger partial charge < -0.3 is 16.0 Å². The van der Waals surface area contributed by atoms with Gasteiger partial charge in [-0.05, 0) is 24.1 Å². The summed E-state index contributed by atoms with van der Waals surface area (Å²) in [6.45, 7) is 0.476. The van der Waals surface area contributed by atoms with Gasteiger partial charge in [-0.1, -0.05) is 42.5 Å². The van der Waals surface area contributed by atoms with Crippen LogP contribution < -0.4 is 16.0 Å². The number of carbonyl (C=O) groups excluding carboxylic acids is 2. The van der Waals surface area contributed by atoms with E-state index < -0.39 is 6.04 Å². The molecule has 5 heteroatoms. The van der Waals surface area contributed by atoms with E-state index in [9.17, 15) is 9.59 Å². The fraction of sp³-hybridized carbons (Fsp3) is 0.222. The second kappa shape index (κ2) is 6.52. The van der Waals surface area contributed by atoms with Crippen molar-refractivity contribution in [2.45, 2.75) is 18.9 Å². The molecule has 0 radical (unpaired) electrons. The summed E-state index contributed by atoms with van der Waals surface area (Å²) in [5.74, 6) is -0.361. The number of rotatable bonds is 5. The van der Waals surface area contributed by atoms with Crippen LogP contribution in [0.5, 0.6) is 0 Å². The minimum Gasteiger partial charge on any atom is -0.370 e. The van der Waals surface area contributed by atoms with Crippen molar-refractivity contribution in [3.63, 3.8) is 0 Å². The third-order valence-electron chi connectivity index (χ3n) is 3.95. The molecule has 0 aliphatic carbocycles. The molecule has 1 heterocycles. The molecular weight excluding hydrogens is 290 g/mol. The Morgan fingerprint density at radius 3 is 2.52 bits per heavy atom. The van der Waals surface area contributed by atoms with Gasteiger partial charge in [0.15, 0.2) is 0 Å². The number of primary amides is 1. The molecular formula is C18H19N3O2. The zero-order chi connectivity index (χ0) is 16.2. The van der Waals surface area contributed by atoms with Gasteiger partial charge in [-0.15, -0.1) is 0 Å². The van der Waals surface area contributed by atoms with Crippen molar-refractivity contribution < 1.29 is 9.59 Å². The highest BCUT2D eigenvalue weighted by Gasteiger charge is 2.32. The summed E-state index contributed by atoms with van der Waals surface area (Å²) in [5, 5.41) is 3.31. The number of hydrogen-bond donors (Lipinski definition) is 2. The van der Waals surface area contributed by atoms with E-state index in [1.165, 1.54) is 0 Å². The molecule has 1 unspecified atom stereocenters. The number of nitrogens with one attached hydrogen (secondary N) is 1. The van der Waals surface area contributed by atoms with Crippen molar-refractivity contribution in [3.8, 4) is 0 Å². The lowest BCUT2D eigenvalue weighted by molar-refractivity contribution is -0.120. The molecule has 3 N–H and O–H groups in total. The van der Waals surface area contributed by atoms with Gasteiger partial charge >= 0.3 is 0 Å². The molecule has 1 aliphatic rings. The number of anilines is 2. The van der Waals surface area contributed by atoms with E-state index in [4.69, 9.17) is 5.73 Å². The standard InChI is InChI=1S/C18H19N3O2/c19-16(22)11-6-12-21-15-10-5-4-9-14(15)20-17(18(21)23)13-7-2-1-3-8-13/h1-5,7-10,17,20H,6,11-12H2,(H2,19,22). The molecule has 0 saturated carbocycles. The summed E-state index contributed by atoms with van der Waals surface area (Å²) in [6, 6.07) is 16.9. The number of para-hydroxylation sites is 2. The summed E-state index contributed by atoms with van der Waals surface area (Å²) in [6.07, 6.45) is 0.826. The van der Waals surface area contributed by atoms with Crippen LogP contribution in [0, 0.1) is 0 Å². The van der Waals surface area contributed by atoms with Crippen molar-refractivity contribution in [1.82, 2.24) is 0 Å². The fourth-order valence-electron chi connectivity index (χ4n) is 2.84. The average molecular weight is 309 g/mol. The van der Waals surface area contributed by atoms with Crippen molar-refractivity contribution >= 4 is 23.2 Å². The van der Waals surface area contributed by atoms with Crippen LogP contribution in [0.15, 0.2) is 54.6 Å². The summed E-state index contributed by atoms with van der Waals surface area (Å²) < 4.78 is 0. The number of nitrogens with zero attached hydrogens (tertiary/aromatic N) is 1. The van der Waals surface area contributed by atoms with Crippen LogP contribution >= 0.6 is 0 Å². The van der Waals surface area contributed by atoms with Gasteiger partial charge in [0, 0.05) is 13.0 Å². The van der Waals surface area contributed by atoms with Gasteiger partial charge in [0.1, 0.15) is 6.04 Å². The Hall–Kier alpha value is -2.82. The van der Waals surface area contributed by atoms with Crippen LogP contribution in [0.25, 0.3) is 0 Å². The van der Waals surface area contributed by atoms with Crippen molar-refractivity contribution in [2.24, 2.45) is 5.73 Å². The van der Waals surface area contributed by atoms with Gasteiger partial charge in [-0.3, -0.25) is 9.59 Å². The Morgan fingerprint density at radius 2 is 1.78 bits per heavy atom. The molecule has 2 amide bonds. The average Bonchev–Trinajstić information content (AvgIpc) is 2.57. The Labute approximate surface area is 135 Å². The number of carbonyl (C=O) groups is 2. The molecule has 3 rings (SSSR count). The minimum atomic E-state index is -0.417. The minimum absolute atomic E-state index is 0.0145. The van der Waals surface area contributed by atoms with Crippen LogP contribution in [-0.4, -0.2) is 18.4 Å². The summed E-state index contributed by atoms with van der Waals surface area (Å²) >= 11 is 0. The molecule has 0 spiro atoms. The third-order valence-corrected chi connectivity index (χ3v) is 3.95. The highest BCUT2D eigenvalue weighted by molar-refractivity contribution is 6.05. The van der Waals surface area contributed by atoms with Crippen LogP contribution in [0.1, 0.15) is 24.4 Å². The smallest absolute Gasteiger partial charge is 0.254 e. The first-order valence-electron chi connectivity index (χ1n) is 7.67. The first kappa shape index (κ1) is 15.1. The number of nitrogens with two attached hydrogens (primary N) is 1. The normalized spacial score (nSPS) is 16.6. The predicted molar refractivity (Wildman–Crippen MR) is 90.0 cm³/mol. The first-order chi connectivity index (χ1) is 11.2. The monoisotopic (exact) mass is 309 g/mol. The maximum Gasteiger partial charge on any atom is 0.254 e. The molecule has 1 aliphatic heterocycles. The van der Waals surface area contributed by atoms with E-state index in [1.807, 2.05) is 54.6 Å². The Balaban J connectivity index is 1.90. The van der Waals surface area contributed by atoms with Gasteiger partial charge in [0.25, 0.3) is 5.91 Å². The summed E-state index contributed by atoms with van der Waals surface area (Å²) in [7, 11) is 0. The quantitative estimate of drug-likeness (QED) is 0.891. The maximum atomic E-state index is 12.9. The van der Waals surface area contributed by atoms with Crippen molar-refractivity contribution in [1.29, 1.82) is 0 Å². The molecule has 0 aromatic heterocycles. The summed E-state index contributed by atoms with van der Waals surface area (Å²) in [5.41, 5.74) is 7.88. The molecule has 0 bridgehead atoms. The predicted octanol–water partition coefficient (Wildman–Crippen LogP) is 2.45. The van der Waals surface area contributed by atoms with Crippen LogP contribution in [0.2, 0.25) is 0 Å². The van der Waals surface area contributed by atoms with Crippen LogP contribution in [-0.2, 0) is 9.59 Å². The van der Waals surface area contributed by atoms with Gasteiger partial charge in [-0.25, -0.2) is 0 Å². The van der Waals surface area contributed by atoms with Gasteiger partial charge in [0.2, 0.25) is 5.91 Å². The largest absolute Gasteiger partial charge is 0.370 e. The number of fused-ring (bicyclic) bond motifs is 1. The lowest BCUT2D eigenvalue weighted by Gasteiger charge is -2.35. The number of benzene rings is 2. The van der Waals surface area contributed by atoms with E-state index in [-0.39, 0.29) is 18.2 Å². The van der Waals surface area contributed by atoms with Crippen LogP contribution in [0.4, 0.5) is 11.4 Å². The molecule has 1 atom stereocenters. The van der Waals surface area contributed by atoms with Gasteiger partial charge in [-0.2, -0.15) is 0 Å². The van der Waals surface area contributed by atoms with E-state index in [1.54, 1.807) is 4.90 Å².